The van der Waals surface area contributed by atoms with Gasteiger partial charge < -0.3 is 5.32 Å². The largest absolute Gasteiger partial charge is 0.305 e. The number of H-pyrrole nitrogens is 1. The van der Waals surface area contributed by atoms with Crippen LogP contribution in [-0.2, 0) is 5.41 Å². The summed E-state index contributed by atoms with van der Waals surface area (Å²) in [6.07, 6.45) is 0. The number of hydrogen-bond donors (Lipinski definition) is 2. The van der Waals surface area contributed by atoms with Gasteiger partial charge in [0, 0.05) is 22.7 Å². The van der Waals surface area contributed by atoms with Gasteiger partial charge in [0.2, 0.25) is 0 Å². The molecule has 0 aromatic carbocycles. The number of nitrogens with one attached hydrogen (secondary N) is 2. The number of anilines is 1. The highest BCUT2D eigenvalue weighted by molar-refractivity contribution is 6.29. The maximum Gasteiger partial charge on any atom is 0.264 e. The van der Waals surface area contributed by atoms with E-state index >= 15 is 0 Å². The molecule has 2 rings (SSSR count). The first-order valence-corrected chi connectivity index (χ1v) is 6.69. The van der Waals surface area contributed by atoms with Crippen LogP contribution in [-0.4, -0.2) is 21.1 Å². The van der Waals surface area contributed by atoms with Crippen molar-refractivity contribution in [2.75, 3.05) is 5.32 Å². The molecular formula is C14H15ClN4O2. The number of nitrogens with zero attached hydrogens (tertiary/aromatic N) is 2. The number of pyridine rings is 1. The molecule has 0 saturated heterocycles. The highest BCUT2D eigenvalue weighted by Gasteiger charge is 2.19. The summed E-state index contributed by atoms with van der Waals surface area (Å²) in [5.41, 5.74) is 0.536. The Morgan fingerprint density at radius 1 is 1.29 bits per heavy atom. The van der Waals surface area contributed by atoms with Gasteiger partial charge in [0.25, 0.3) is 11.5 Å². The number of carbonyl (C=O) groups is 1. The van der Waals surface area contributed by atoms with Crippen molar-refractivity contribution in [1.82, 2.24) is 15.2 Å². The van der Waals surface area contributed by atoms with Crippen LogP contribution in [0.1, 0.15) is 36.8 Å². The first-order valence-electron chi connectivity index (χ1n) is 6.31. The van der Waals surface area contributed by atoms with E-state index in [1.165, 1.54) is 18.2 Å². The Balaban J connectivity index is 2.29. The molecule has 0 radical (unpaired) electrons. The van der Waals surface area contributed by atoms with Gasteiger partial charge in [-0.3, -0.25) is 9.59 Å². The minimum Gasteiger partial charge on any atom is -0.305 e. The van der Waals surface area contributed by atoms with Gasteiger partial charge in [0.1, 0.15) is 5.15 Å². The highest BCUT2D eigenvalue weighted by atomic mass is 35.5. The number of aromatic nitrogens is 3. The highest BCUT2D eigenvalue weighted by Crippen LogP contribution is 2.23. The van der Waals surface area contributed by atoms with E-state index in [1.807, 2.05) is 20.8 Å². The van der Waals surface area contributed by atoms with Crippen LogP contribution in [0.5, 0.6) is 0 Å². The molecule has 0 atom stereocenters. The van der Waals surface area contributed by atoms with Crippen LogP contribution >= 0.6 is 11.6 Å². The first kappa shape index (κ1) is 15.2. The lowest BCUT2D eigenvalue weighted by atomic mass is 9.91. The summed E-state index contributed by atoms with van der Waals surface area (Å²) in [5.74, 6) is -0.116. The van der Waals surface area contributed by atoms with Crippen molar-refractivity contribution in [3.63, 3.8) is 0 Å². The number of carbonyl (C=O) groups excluding carboxylic acids is 1. The van der Waals surface area contributed by atoms with Crippen molar-refractivity contribution in [3.8, 4) is 0 Å². The predicted molar refractivity (Wildman–Crippen MR) is 80.8 cm³/mol. The zero-order chi connectivity index (χ0) is 15.6. The third-order valence-corrected chi connectivity index (χ3v) is 2.94. The topological polar surface area (TPSA) is 87.7 Å². The van der Waals surface area contributed by atoms with Gasteiger partial charge in [0.15, 0.2) is 5.82 Å². The molecule has 1 amide bonds. The Morgan fingerprint density at radius 2 is 2.00 bits per heavy atom. The lowest BCUT2D eigenvalue weighted by Crippen LogP contribution is -2.19. The lowest BCUT2D eigenvalue weighted by molar-refractivity contribution is 0.102. The first-order chi connectivity index (χ1) is 9.75. The van der Waals surface area contributed by atoms with E-state index in [4.69, 9.17) is 11.6 Å². The average molecular weight is 307 g/mol. The summed E-state index contributed by atoms with van der Waals surface area (Å²) in [4.78, 5) is 27.3. The van der Waals surface area contributed by atoms with Crippen LogP contribution in [0.3, 0.4) is 0 Å². The van der Waals surface area contributed by atoms with Crippen molar-refractivity contribution >= 4 is 23.3 Å². The molecule has 110 valence electrons. The molecule has 6 nitrogen and oxygen atoms in total. The van der Waals surface area contributed by atoms with E-state index in [1.54, 1.807) is 6.07 Å². The van der Waals surface area contributed by atoms with E-state index in [0.29, 0.717) is 5.56 Å². The Morgan fingerprint density at radius 3 is 2.57 bits per heavy atom. The molecule has 0 aliphatic rings. The fourth-order valence-corrected chi connectivity index (χ4v) is 1.82. The van der Waals surface area contributed by atoms with Crippen molar-refractivity contribution < 1.29 is 4.79 Å². The second-order valence-electron chi connectivity index (χ2n) is 5.57. The Bertz CT molecular complexity index is 714. The smallest absolute Gasteiger partial charge is 0.264 e. The van der Waals surface area contributed by atoms with Gasteiger partial charge in [-0.15, -0.1) is 0 Å². The third kappa shape index (κ3) is 3.88. The van der Waals surface area contributed by atoms with Crippen LogP contribution in [0, 0.1) is 0 Å². The average Bonchev–Trinajstić information content (AvgIpc) is 2.39. The second-order valence-corrected chi connectivity index (χ2v) is 5.96. The number of halogens is 1. The summed E-state index contributed by atoms with van der Waals surface area (Å²) in [6.45, 7) is 5.95. The quantitative estimate of drug-likeness (QED) is 0.834. The summed E-state index contributed by atoms with van der Waals surface area (Å²) >= 11 is 5.97. The van der Waals surface area contributed by atoms with Crippen LogP contribution in [0.2, 0.25) is 5.15 Å². The van der Waals surface area contributed by atoms with E-state index < -0.39 is 0 Å². The predicted octanol–water partition coefficient (Wildman–Crippen LogP) is 2.37. The van der Waals surface area contributed by atoms with Crippen LogP contribution in [0.15, 0.2) is 29.1 Å². The minimum atomic E-state index is -0.371. The molecule has 0 aliphatic carbocycles. The van der Waals surface area contributed by atoms with Crippen molar-refractivity contribution in [2.45, 2.75) is 26.2 Å². The molecular weight excluding hydrogens is 292 g/mol. The van der Waals surface area contributed by atoms with Gasteiger partial charge in [-0.2, -0.15) is 5.10 Å². The van der Waals surface area contributed by atoms with Gasteiger partial charge in [-0.25, -0.2) is 10.1 Å². The van der Waals surface area contributed by atoms with Crippen molar-refractivity contribution in [1.29, 1.82) is 0 Å². The van der Waals surface area contributed by atoms with E-state index in [2.05, 4.69) is 20.5 Å². The van der Waals surface area contributed by atoms with Gasteiger partial charge in [0.05, 0.1) is 0 Å². The minimum absolute atomic E-state index is 0.226. The Labute approximate surface area is 126 Å². The number of rotatable bonds is 2. The van der Waals surface area contributed by atoms with Gasteiger partial charge in [-0.05, 0) is 18.2 Å². The Kier molecular flexibility index (Phi) is 4.09. The summed E-state index contributed by atoms with van der Waals surface area (Å²) < 4.78 is 0. The molecule has 21 heavy (non-hydrogen) atoms. The van der Waals surface area contributed by atoms with Crippen LogP contribution in [0.25, 0.3) is 0 Å². The second kappa shape index (κ2) is 5.65. The number of hydrogen-bond acceptors (Lipinski definition) is 4. The molecule has 0 fully saturated rings. The maximum atomic E-state index is 12.2. The zero-order valence-corrected chi connectivity index (χ0v) is 12.7. The molecule has 2 aromatic heterocycles. The number of aromatic amines is 1. The summed E-state index contributed by atoms with van der Waals surface area (Å²) in [6, 6.07) is 5.87. The molecule has 7 heteroatoms. The normalized spacial score (nSPS) is 11.2. The molecule has 0 bridgehead atoms. The molecule has 0 unspecified atom stereocenters. The van der Waals surface area contributed by atoms with E-state index in [9.17, 15) is 9.59 Å². The van der Waals surface area contributed by atoms with Crippen LogP contribution in [0.4, 0.5) is 5.82 Å². The van der Waals surface area contributed by atoms with Crippen molar-refractivity contribution in [3.05, 3.63) is 51.0 Å². The standard InChI is InChI=1S/C14H15ClN4O2/c1-14(2,3)9-6-8(7-10(15)16-9)13(21)17-11-4-5-12(20)19-18-11/h4-7H,1-3H3,(H,19,20)(H,17,18,21). The molecule has 2 heterocycles. The van der Waals surface area contributed by atoms with Gasteiger partial charge >= 0.3 is 0 Å². The molecule has 2 N–H and O–H groups in total. The zero-order valence-electron chi connectivity index (χ0n) is 11.9. The molecule has 0 aliphatic heterocycles. The lowest BCUT2D eigenvalue weighted by Gasteiger charge is -2.18. The van der Waals surface area contributed by atoms with E-state index in [0.717, 1.165) is 5.69 Å². The fraction of sp³-hybridized carbons (Fsp3) is 0.286. The number of amides is 1. The summed E-state index contributed by atoms with van der Waals surface area (Å²) in [5, 5.41) is 8.80. The molecule has 0 saturated carbocycles. The fourth-order valence-electron chi connectivity index (χ4n) is 1.61. The molecule has 2 aromatic rings. The monoisotopic (exact) mass is 306 g/mol. The van der Waals surface area contributed by atoms with Gasteiger partial charge in [-0.1, -0.05) is 32.4 Å². The molecule has 0 spiro atoms. The van der Waals surface area contributed by atoms with E-state index in [-0.39, 0.29) is 27.9 Å². The maximum absolute atomic E-state index is 12.2. The Hall–Kier alpha value is -2.21. The third-order valence-electron chi connectivity index (χ3n) is 2.75. The van der Waals surface area contributed by atoms with Crippen molar-refractivity contribution in [2.24, 2.45) is 0 Å². The van der Waals surface area contributed by atoms with Crippen LogP contribution < -0.4 is 10.9 Å². The SMILES string of the molecule is CC(C)(C)c1cc(C(=O)Nc2ccc(=O)[nH]n2)cc(Cl)n1. The summed E-state index contributed by atoms with van der Waals surface area (Å²) in [7, 11) is 0.